The molecular weight excluding hydrogens is 310 g/mol. The molecule has 0 aliphatic heterocycles. The summed E-state index contributed by atoms with van der Waals surface area (Å²) in [5.74, 6) is -0.807. The summed E-state index contributed by atoms with van der Waals surface area (Å²) < 4.78 is 5.66. The number of amides is 1. The number of nitrogens with one attached hydrogen (secondary N) is 1. The second-order valence-electron chi connectivity index (χ2n) is 4.12. The fraction of sp³-hybridized carbons (Fsp3) is 0.214. The van der Waals surface area contributed by atoms with Gasteiger partial charge in [0.1, 0.15) is 10.6 Å². The number of anilines is 1. The van der Waals surface area contributed by atoms with Gasteiger partial charge in [0.15, 0.2) is 5.12 Å². The number of hydrogen-bond acceptors (Lipinski definition) is 6. The molecule has 0 fully saturated rings. The van der Waals surface area contributed by atoms with Gasteiger partial charge in [0.05, 0.1) is 12.9 Å². The normalized spacial score (nSPS) is 10.4. The molecule has 1 aromatic carbocycles. The molecule has 7 heteroatoms. The number of thiophene rings is 1. The van der Waals surface area contributed by atoms with Crippen LogP contribution in [0.15, 0.2) is 24.3 Å². The minimum absolute atomic E-state index is 0.0180. The van der Waals surface area contributed by atoms with E-state index in [1.165, 1.54) is 25.4 Å². The summed E-state index contributed by atoms with van der Waals surface area (Å²) >= 11 is 2.23. The van der Waals surface area contributed by atoms with Crippen LogP contribution in [-0.4, -0.2) is 29.9 Å². The maximum absolute atomic E-state index is 11.9. The highest BCUT2D eigenvalue weighted by Crippen LogP contribution is 2.36. The molecule has 1 heterocycles. The lowest BCUT2D eigenvalue weighted by atomic mass is 10.1. The van der Waals surface area contributed by atoms with Crippen LogP contribution >= 0.6 is 23.1 Å². The average molecular weight is 323 g/mol. The van der Waals surface area contributed by atoms with E-state index in [4.69, 9.17) is 4.74 Å². The zero-order chi connectivity index (χ0) is 15.4. The smallest absolute Gasteiger partial charge is 0.341 e. The Morgan fingerprint density at radius 3 is 2.67 bits per heavy atom. The molecule has 110 valence electrons. The Labute approximate surface area is 129 Å². The highest BCUT2D eigenvalue weighted by atomic mass is 32.2. The molecule has 0 spiro atoms. The molecule has 0 atom stereocenters. The first-order valence-corrected chi connectivity index (χ1v) is 7.86. The lowest BCUT2D eigenvalue weighted by Gasteiger charge is -2.04. The minimum Gasteiger partial charge on any atom is -0.465 e. The standard InChI is InChI=1S/C14H13NO4S2/c1-8(16)20-7-11(17)15-13-12(14(18)19-2)9-5-3-4-6-10(9)21-13/h3-6H,7H2,1-2H3,(H,15,17). The lowest BCUT2D eigenvalue weighted by Crippen LogP contribution is -2.16. The second kappa shape index (κ2) is 6.73. The van der Waals surface area contributed by atoms with E-state index in [0.717, 1.165) is 21.8 Å². The van der Waals surface area contributed by atoms with Crippen LogP contribution in [0.25, 0.3) is 10.1 Å². The molecule has 5 nitrogen and oxygen atoms in total. The van der Waals surface area contributed by atoms with Gasteiger partial charge in [0.2, 0.25) is 5.91 Å². The van der Waals surface area contributed by atoms with Crippen molar-refractivity contribution in [3.63, 3.8) is 0 Å². The van der Waals surface area contributed by atoms with Gasteiger partial charge in [-0.15, -0.1) is 11.3 Å². The monoisotopic (exact) mass is 323 g/mol. The van der Waals surface area contributed by atoms with E-state index >= 15 is 0 Å². The van der Waals surface area contributed by atoms with Crippen LogP contribution in [0.1, 0.15) is 17.3 Å². The molecule has 21 heavy (non-hydrogen) atoms. The topological polar surface area (TPSA) is 72.5 Å². The van der Waals surface area contributed by atoms with Crippen LogP contribution in [0.4, 0.5) is 5.00 Å². The van der Waals surface area contributed by atoms with Gasteiger partial charge in [-0.05, 0) is 6.07 Å². The third-order valence-electron chi connectivity index (χ3n) is 2.64. The summed E-state index contributed by atoms with van der Waals surface area (Å²) in [7, 11) is 1.30. The number of benzene rings is 1. The Kier molecular flexibility index (Phi) is 4.98. The van der Waals surface area contributed by atoms with Crippen LogP contribution in [-0.2, 0) is 14.3 Å². The van der Waals surface area contributed by atoms with Gasteiger partial charge in [-0.2, -0.15) is 0 Å². The molecule has 0 unspecified atom stereocenters. The van der Waals surface area contributed by atoms with E-state index in [2.05, 4.69) is 5.32 Å². The van der Waals surface area contributed by atoms with Crippen molar-refractivity contribution in [3.8, 4) is 0 Å². The van der Waals surface area contributed by atoms with Gasteiger partial charge in [-0.1, -0.05) is 30.0 Å². The van der Waals surface area contributed by atoms with Crippen LogP contribution in [0.2, 0.25) is 0 Å². The van der Waals surface area contributed by atoms with E-state index in [-0.39, 0.29) is 16.8 Å². The number of rotatable bonds is 4. The number of hydrogen-bond donors (Lipinski definition) is 1. The molecule has 0 saturated carbocycles. The number of fused-ring (bicyclic) bond motifs is 1. The Morgan fingerprint density at radius 1 is 1.29 bits per heavy atom. The molecule has 2 aromatic rings. The van der Waals surface area contributed by atoms with E-state index < -0.39 is 5.97 Å². The molecule has 0 saturated heterocycles. The molecule has 0 radical (unpaired) electrons. The predicted octanol–water partition coefficient (Wildman–Crippen LogP) is 2.91. The van der Waals surface area contributed by atoms with Crippen molar-refractivity contribution in [2.24, 2.45) is 0 Å². The third-order valence-corrected chi connectivity index (χ3v) is 4.54. The summed E-state index contributed by atoms with van der Waals surface area (Å²) in [5, 5.41) is 3.73. The molecule has 1 amide bonds. The molecule has 0 aliphatic rings. The van der Waals surface area contributed by atoms with Gasteiger partial charge in [0.25, 0.3) is 0 Å². The molecular formula is C14H13NO4S2. The van der Waals surface area contributed by atoms with Crippen molar-refractivity contribution in [2.45, 2.75) is 6.92 Å². The van der Waals surface area contributed by atoms with Crippen molar-refractivity contribution in [1.82, 2.24) is 0 Å². The van der Waals surface area contributed by atoms with E-state index in [1.54, 1.807) is 6.07 Å². The van der Waals surface area contributed by atoms with E-state index in [0.29, 0.717) is 10.6 Å². The first kappa shape index (κ1) is 15.5. The first-order valence-electron chi connectivity index (χ1n) is 6.06. The van der Waals surface area contributed by atoms with Gasteiger partial charge in [-0.3, -0.25) is 9.59 Å². The summed E-state index contributed by atoms with van der Waals surface area (Å²) in [6.45, 7) is 1.40. The Hall–Kier alpha value is -1.86. The molecule has 2 rings (SSSR count). The summed E-state index contributed by atoms with van der Waals surface area (Å²) in [4.78, 5) is 34.6. The van der Waals surface area contributed by atoms with Crippen LogP contribution < -0.4 is 5.32 Å². The second-order valence-corrected chi connectivity index (χ2v) is 6.33. The van der Waals surface area contributed by atoms with Crippen molar-refractivity contribution in [3.05, 3.63) is 29.8 Å². The van der Waals surface area contributed by atoms with Gasteiger partial charge in [-0.25, -0.2) is 4.79 Å². The molecule has 0 bridgehead atoms. The van der Waals surface area contributed by atoms with E-state index in [9.17, 15) is 14.4 Å². The summed E-state index contributed by atoms with van der Waals surface area (Å²) in [5.41, 5.74) is 0.347. The predicted molar refractivity (Wildman–Crippen MR) is 84.9 cm³/mol. The lowest BCUT2D eigenvalue weighted by molar-refractivity contribution is -0.114. The van der Waals surface area contributed by atoms with Crippen LogP contribution in [0.3, 0.4) is 0 Å². The number of ether oxygens (including phenoxy) is 1. The van der Waals surface area contributed by atoms with Crippen molar-refractivity contribution in [1.29, 1.82) is 0 Å². The van der Waals surface area contributed by atoms with Crippen molar-refractivity contribution < 1.29 is 19.1 Å². The van der Waals surface area contributed by atoms with Gasteiger partial charge < -0.3 is 10.1 Å². The SMILES string of the molecule is COC(=O)c1c(NC(=O)CSC(C)=O)sc2ccccc12. The van der Waals surface area contributed by atoms with Gasteiger partial charge in [0, 0.05) is 17.0 Å². The molecule has 0 aliphatic carbocycles. The number of carbonyl (C=O) groups excluding carboxylic acids is 3. The zero-order valence-corrected chi connectivity index (χ0v) is 13.1. The maximum atomic E-state index is 11.9. The zero-order valence-electron chi connectivity index (χ0n) is 11.5. The Bertz CT molecular complexity index is 708. The highest BCUT2D eigenvalue weighted by Gasteiger charge is 2.20. The van der Waals surface area contributed by atoms with Crippen LogP contribution in [0.5, 0.6) is 0 Å². The van der Waals surface area contributed by atoms with E-state index in [1.807, 2.05) is 18.2 Å². The maximum Gasteiger partial charge on any atom is 0.341 e. The minimum atomic E-state index is -0.498. The quantitative estimate of drug-likeness (QED) is 0.876. The average Bonchev–Trinajstić information content (AvgIpc) is 2.82. The fourth-order valence-electron chi connectivity index (χ4n) is 1.77. The van der Waals surface area contributed by atoms with Crippen molar-refractivity contribution in [2.75, 3.05) is 18.2 Å². The first-order chi connectivity index (χ1) is 10.0. The largest absolute Gasteiger partial charge is 0.465 e. The Morgan fingerprint density at radius 2 is 2.00 bits per heavy atom. The number of carbonyl (C=O) groups is 3. The number of thioether (sulfide) groups is 1. The van der Waals surface area contributed by atoms with Gasteiger partial charge >= 0.3 is 5.97 Å². The highest BCUT2D eigenvalue weighted by molar-refractivity contribution is 8.14. The van der Waals surface area contributed by atoms with Crippen molar-refractivity contribution >= 4 is 55.2 Å². The summed E-state index contributed by atoms with van der Waals surface area (Å²) in [6, 6.07) is 7.35. The number of esters is 1. The molecule has 1 N–H and O–H groups in total. The summed E-state index contributed by atoms with van der Waals surface area (Å²) in [6.07, 6.45) is 0. The number of methoxy groups -OCH3 is 1. The third kappa shape index (κ3) is 3.62. The fourth-order valence-corrected chi connectivity index (χ4v) is 3.28. The van der Waals surface area contributed by atoms with Crippen LogP contribution in [0, 0.1) is 0 Å². The Balaban J connectivity index is 2.32. The molecule has 1 aromatic heterocycles.